The summed E-state index contributed by atoms with van der Waals surface area (Å²) in [4.78, 5) is 34.8. The smallest absolute Gasteiger partial charge is 0.308 e. The summed E-state index contributed by atoms with van der Waals surface area (Å²) < 4.78 is 0. The lowest BCUT2D eigenvalue weighted by molar-refractivity contribution is -0.385. The lowest BCUT2D eigenvalue weighted by Gasteiger charge is -2.18. The molecule has 1 amide bonds. The Kier molecular flexibility index (Phi) is 4.60. The third-order valence-corrected chi connectivity index (χ3v) is 3.64. The molecule has 0 aliphatic heterocycles. The maximum Gasteiger partial charge on any atom is 0.308 e. The summed E-state index contributed by atoms with van der Waals surface area (Å²) in [6, 6.07) is 1.23. The van der Waals surface area contributed by atoms with Crippen molar-refractivity contribution in [1.82, 2.24) is 4.90 Å². The fraction of sp³-hybridized carbons (Fsp3) is 0.455. The maximum atomic E-state index is 12.0. The highest BCUT2D eigenvalue weighted by Crippen LogP contribution is 2.28. The number of aryl methyl sites for hydroxylation is 1. The summed E-state index contributed by atoms with van der Waals surface area (Å²) in [7, 11) is 1.47. The van der Waals surface area contributed by atoms with Crippen LogP contribution in [0.25, 0.3) is 0 Å². The van der Waals surface area contributed by atoms with E-state index in [1.807, 2.05) is 0 Å². The lowest BCUT2D eigenvalue weighted by atomic mass is 10.2. The number of rotatable bonds is 5. The van der Waals surface area contributed by atoms with E-state index >= 15 is 0 Å². The van der Waals surface area contributed by atoms with Crippen molar-refractivity contribution in [2.45, 2.75) is 13.8 Å². The van der Waals surface area contributed by atoms with E-state index in [1.54, 1.807) is 6.92 Å². The molecule has 0 aliphatic rings. The van der Waals surface area contributed by atoms with Crippen molar-refractivity contribution in [2.75, 3.05) is 13.6 Å². The summed E-state index contributed by atoms with van der Waals surface area (Å²) in [6.45, 7) is 3.12. The molecule has 0 aliphatic carbocycles. The predicted octanol–water partition coefficient (Wildman–Crippen LogP) is 1.76. The molecule has 1 heterocycles. The van der Waals surface area contributed by atoms with Gasteiger partial charge in [-0.2, -0.15) is 0 Å². The van der Waals surface area contributed by atoms with Crippen LogP contribution >= 0.6 is 11.3 Å². The number of carbonyl (C=O) groups is 2. The van der Waals surface area contributed by atoms with Gasteiger partial charge in [0.05, 0.1) is 20.6 Å². The first-order chi connectivity index (χ1) is 8.73. The second-order valence-electron chi connectivity index (χ2n) is 4.23. The molecule has 0 saturated heterocycles. The highest BCUT2D eigenvalue weighted by atomic mass is 32.1. The highest BCUT2D eigenvalue weighted by molar-refractivity contribution is 7.14. The van der Waals surface area contributed by atoms with Crippen LogP contribution in [0.4, 0.5) is 5.69 Å². The zero-order valence-corrected chi connectivity index (χ0v) is 11.6. The Bertz CT molecular complexity index is 525. The molecule has 1 unspecified atom stereocenters. The molecule has 1 aromatic heterocycles. The summed E-state index contributed by atoms with van der Waals surface area (Å²) >= 11 is 1.03. The molecule has 8 heteroatoms. The fourth-order valence-corrected chi connectivity index (χ4v) is 2.50. The molecule has 0 saturated carbocycles. The monoisotopic (exact) mass is 286 g/mol. The van der Waals surface area contributed by atoms with Crippen LogP contribution in [0.3, 0.4) is 0 Å². The average Bonchev–Trinajstić information content (AvgIpc) is 2.70. The Hall–Kier alpha value is -1.96. The second-order valence-corrected chi connectivity index (χ2v) is 5.49. The van der Waals surface area contributed by atoms with Crippen LogP contribution in [-0.4, -0.2) is 40.4 Å². The van der Waals surface area contributed by atoms with Gasteiger partial charge in [0.2, 0.25) is 0 Å². The van der Waals surface area contributed by atoms with Gasteiger partial charge in [0.25, 0.3) is 11.6 Å². The minimum absolute atomic E-state index is 0.0545. The molecule has 19 heavy (non-hydrogen) atoms. The number of aliphatic carboxylic acids is 1. The van der Waals surface area contributed by atoms with Crippen molar-refractivity contribution in [1.29, 1.82) is 0 Å². The summed E-state index contributed by atoms with van der Waals surface area (Å²) in [5.74, 6) is -2.09. The number of thiophene rings is 1. The van der Waals surface area contributed by atoms with Gasteiger partial charge in [0.1, 0.15) is 0 Å². The number of carbonyl (C=O) groups excluding carboxylic acids is 1. The van der Waals surface area contributed by atoms with E-state index in [0.717, 1.165) is 11.3 Å². The third-order valence-electron chi connectivity index (χ3n) is 2.62. The molecule has 1 aromatic rings. The molecule has 7 nitrogen and oxygen atoms in total. The van der Waals surface area contributed by atoms with Crippen molar-refractivity contribution >= 4 is 28.9 Å². The molecule has 1 rings (SSSR count). The quantitative estimate of drug-likeness (QED) is 0.656. The first kappa shape index (κ1) is 15.1. The van der Waals surface area contributed by atoms with E-state index in [0.29, 0.717) is 4.88 Å². The van der Waals surface area contributed by atoms with E-state index in [2.05, 4.69) is 0 Å². The second kappa shape index (κ2) is 5.79. The van der Waals surface area contributed by atoms with Crippen molar-refractivity contribution in [3.05, 3.63) is 25.9 Å². The fourth-order valence-electron chi connectivity index (χ4n) is 1.52. The first-order valence-corrected chi connectivity index (χ1v) is 6.28. The average molecular weight is 286 g/mol. The van der Waals surface area contributed by atoms with Crippen LogP contribution < -0.4 is 0 Å². The summed E-state index contributed by atoms with van der Waals surface area (Å²) in [5.41, 5.74) is -0.0898. The van der Waals surface area contributed by atoms with Gasteiger partial charge in [0, 0.05) is 19.7 Å². The number of carboxylic acids is 1. The van der Waals surface area contributed by atoms with Crippen LogP contribution in [-0.2, 0) is 4.79 Å². The van der Waals surface area contributed by atoms with Crippen molar-refractivity contribution in [3.63, 3.8) is 0 Å². The van der Waals surface area contributed by atoms with Crippen LogP contribution in [0.5, 0.6) is 0 Å². The van der Waals surface area contributed by atoms with E-state index in [-0.39, 0.29) is 17.1 Å². The molecule has 0 bridgehead atoms. The van der Waals surface area contributed by atoms with E-state index in [1.165, 1.54) is 24.9 Å². The van der Waals surface area contributed by atoms with Crippen molar-refractivity contribution in [3.8, 4) is 0 Å². The van der Waals surface area contributed by atoms with E-state index in [4.69, 9.17) is 5.11 Å². The molecule has 0 spiro atoms. The zero-order valence-electron chi connectivity index (χ0n) is 10.7. The molecule has 0 radical (unpaired) electrons. The number of nitrogens with zero attached hydrogens (tertiary/aromatic N) is 2. The van der Waals surface area contributed by atoms with Gasteiger partial charge in [0.15, 0.2) is 0 Å². The Labute approximate surface area is 113 Å². The Balaban J connectivity index is 2.85. The molecule has 1 atom stereocenters. The standard InChI is InChI=1S/C11H14N2O5S/c1-6(11(15)16)5-12(3)10(14)9-4-8(13(17)18)7(2)19-9/h4,6H,5H2,1-3H3,(H,15,16). The molecular weight excluding hydrogens is 272 g/mol. The highest BCUT2D eigenvalue weighted by Gasteiger charge is 2.23. The van der Waals surface area contributed by atoms with Crippen molar-refractivity contribution in [2.24, 2.45) is 5.92 Å². The maximum absolute atomic E-state index is 12.0. The predicted molar refractivity (Wildman–Crippen MR) is 69.5 cm³/mol. The lowest BCUT2D eigenvalue weighted by Crippen LogP contribution is -2.33. The van der Waals surface area contributed by atoms with Gasteiger partial charge < -0.3 is 10.0 Å². The molecule has 1 N–H and O–H groups in total. The minimum Gasteiger partial charge on any atom is -0.481 e. The number of hydrogen-bond acceptors (Lipinski definition) is 5. The number of amides is 1. The topological polar surface area (TPSA) is 101 Å². The summed E-state index contributed by atoms with van der Waals surface area (Å²) in [5, 5.41) is 19.5. The molecule has 0 fully saturated rings. The van der Waals surface area contributed by atoms with Crippen molar-refractivity contribution < 1.29 is 19.6 Å². The van der Waals surface area contributed by atoms with Gasteiger partial charge >= 0.3 is 5.97 Å². The van der Waals surface area contributed by atoms with Gasteiger partial charge in [-0.25, -0.2) is 0 Å². The third kappa shape index (κ3) is 3.50. The minimum atomic E-state index is -0.993. The normalized spacial score (nSPS) is 11.9. The first-order valence-electron chi connectivity index (χ1n) is 5.47. The number of hydrogen-bond donors (Lipinski definition) is 1. The van der Waals surface area contributed by atoms with Crippen LogP contribution in [0.2, 0.25) is 0 Å². The van der Waals surface area contributed by atoms with Gasteiger partial charge in [-0.3, -0.25) is 19.7 Å². The van der Waals surface area contributed by atoms with Gasteiger partial charge in [-0.15, -0.1) is 11.3 Å². The van der Waals surface area contributed by atoms with Crippen LogP contribution in [0, 0.1) is 23.0 Å². The van der Waals surface area contributed by atoms with E-state index < -0.39 is 22.7 Å². The van der Waals surface area contributed by atoms with Gasteiger partial charge in [-0.1, -0.05) is 6.92 Å². The molecule has 0 aromatic carbocycles. The van der Waals surface area contributed by atoms with E-state index in [9.17, 15) is 19.7 Å². The largest absolute Gasteiger partial charge is 0.481 e. The van der Waals surface area contributed by atoms with Gasteiger partial charge in [-0.05, 0) is 6.92 Å². The molecule has 104 valence electrons. The number of nitro groups is 1. The Morgan fingerprint density at radius 1 is 1.58 bits per heavy atom. The zero-order chi connectivity index (χ0) is 14.7. The van der Waals surface area contributed by atoms with Crippen LogP contribution in [0.15, 0.2) is 6.07 Å². The number of carboxylic acid groups (broad SMARTS) is 1. The SMILES string of the molecule is Cc1sc(C(=O)N(C)CC(C)C(=O)O)cc1[N+](=O)[O-]. The van der Waals surface area contributed by atoms with Crippen LogP contribution in [0.1, 0.15) is 21.5 Å². The summed E-state index contributed by atoms with van der Waals surface area (Å²) in [6.07, 6.45) is 0. The Morgan fingerprint density at radius 3 is 2.58 bits per heavy atom. The molecular formula is C11H14N2O5S. The Morgan fingerprint density at radius 2 is 2.16 bits per heavy atom.